The molecule has 3 heteroatoms. The van der Waals surface area contributed by atoms with Gasteiger partial charge < -0.3 is 16.2 Å². The quantitative estimate of drug-likeness (QED) is 0.810. The zero-order valence-corrected chi connectivity index (χ0v) is 10.5. The molecule has 0 fully saturated rings. The number of hydrogen-bond acceptors (Lipinski definition) is 3. The molecule has 2 rings (SSSR count). The van der Waals surface area contributed by atoms with Gasteiger partial charge in [0, 0.05) is 17.8 Å². The van der Waals surface area contributed by atoms with E-state index in [1.807, 2.05) is 49.4 Å². The summed E-state index contributed by atoms with van der Waals surface area (Å²) in [5.41, 5.74) is 15.4. The van der Waals surface area contributed by atoms with Crippen molar-refractivity contribution in [1.29, 1.82) is 0 Å². The summed E-state index contributed by atoms with van der Waals surface area (Å²) in [6, 6.07) is 13.6. The van der Waals surface area contributed by atoms with Crippen molar-refractivity contribution in [3.63, 3.8) is 0 Å². The average Bonchev–Trinajstić information content (AvgIpc) is 2.36. The van der Waals surface area contributed by atoms with Gasteiger partial charge in [-0.2, -0.15) is 0 Å². The highest BCUT2D eigenvalue weighted by atomic mass is 16.5. The zero-order valence-electron chi connectivity index (χ0n) is 10.5. The Morgan fingerprint density at radius 3 is 2.56 bits per heavy atom. The second-order valence-electron chi connectivity index (χ2n) is 4.18. The van der Waals surface area contributed by atoms with Gasteiger partial charge in [-0.25, -0.2) is 0 Å². The van der Waals surface area contributed by atoms with E-state index in [1.54, 1.807) is 0 Å². The lowest BCUT2D eigenvalue weighted by Gasteiger charge is -2.11. The largest absolute Gasteiger partial charge is 0.494 e. The predicted molar refractivity (Wildman–Crippen MR) is 75.7 cm³/mol. The summed E-state index contributed by atoms with van der Waals surface area (Å²) < 4.78 is 5.61. The van der Waals surface area contributed by atoms with Crippen molar-refractivity contribution < 1.29 is 4.74 Å². The van der Waals surface area contributed by atoms with Gasteiger partial charge in [0.05, 0.1) is 6.61 Å². The van der Waals surface area contributed by atoms with E-state index in [4.69, 9.17) is 16.2 Å². The van der Waals surface area contributed by atoms with E-state index in [1.165, 1.54) is 0 Å². The molecule has 0 spiro atoms. The average molecular weight is 242 g/mol. The molecule has 18 heavy (non-hydrogen) atoms. The molecule has 0 bridgehead atoms. The number of para-hydroxylation sites is 1. The van der Waals surface area contributed by atoms with E-state index in [0.717, 1.165) is 34.7 Å². The molecule has 0 unspecified atom stereocenters. The first-order chi connectivity index (χ1) is 8.70. The van der Waals surface area contributed by atoms with Crippen LogP contribution in [0, 0.1) is 0 Å². The van der Waals surface area contributed by atoms with Crippen molar-refractivity contribution in [2.24, 2.45) is 0 Å². The summed E-state index contributed by atoms with van der Waals surface area (Å²) in [6.45, 7) is 2.63. The Balaban J connectivity index is 2.30. The summed E-state index contributed by atoms with van der Waals surface area (Å²) in [5.74, 6) is 0.904. The monoisotopic (exact) mass is 242 g/mol. The Kier molecular flexibility index (Phi) is 3.72. The summed E-state index contributed by atoms with van der Waals surface area (Å²) in [4.78, 5) is 0. The standard InChI is InChI=1S/C15H18N2O/c1-2-18-15-6-4-3-5-11(15)9-12-10-13(16)7-8-14(12)17/h3-8,10H,2,9,16-17H2,1H3. The normalized spacial score (nSPS) is 10.3. The van der Waals surface area contributed by atoms with Gasteiger partial charge in [0.2, 0.25) is 0 Å². The first-order valence-corrected chi connectivity index (χ1v) is 6.05. The van der Waals surface area contributed by atoms with Crippen molar-refractivity contribution in [3.05, 3.63) is 53.6 Å². The van der Waals surface area contributed by atoms with Gasteiger partial charge in [-0.3, -0.25) is 0 Å². The maximum Gasteiger partial charge on any atom is 0.122 e. The van der Waals surface area contributed by atoms with Crippen LogP contribution in [0.1, 0.15) is 18.1 Å². The van der Waals surface area contributed by atoms with Crippen LogP contribution in [0.2, 0.25) is 0 Å². The van der Waals surface area contributed by atoms with Gasteiger partial charge in [-0.15, -0.1) is 0 Å². The third-order valence-corrected chi connectivity index (χ3v) is 2.82. The molecule has 0 saturated heterocycles. The number of hydrogen-bond donors (Lipinski definition) is 2. The Bertz CT molecular complexity index is 538. The lowest BCUT2D eigenvalue weighted by Crippen LogP contribution is -2.00. The van der Waals surface area contributed by atoms with Crippen LogP contribution in [0.3, 0.4) is 0 Å². The van der Waals surface area contributed by atoms with E-state index >= 15 is 0 Å². The maximum absolute atomic E-state index is 5.96. The molecular formula is C15H18N2O. The Morgan fingerprint density at radius 2 is 1.78 bits per heavy atom. The highest BCUT2D eigenvalue weighted by Gasteiger charge is 2.06. The van der Waals surface area contributed by atoms with Gasteiger partial charge in [0.1, 0.15) is 5.75 Å². The maximum atomic E-state index is 5.96. The van der Waals surface area contributed by atoms with E-state index in [9.17, 15) is 0 Å². The first-order valence-electron chi connectivity index (χ1n) is 6.05. The predicted octanol–water partition coefficient (Wildman–Crippen LogP) is 2.84. The fraction of sp³-hybridized carbons (Fsp3) is 0.200. The molecule has 0 saturated carbocycles. The molecule has 0 aromatic heterocycles. The Morgan fingerprint density at radius 1 is 1.00 bits per heavy atom. The second-order valence-corrected chi connectivity index (χ2v) is 4.18. The molecule has 3 nitrogen and oxygen atoms in total. The van der Waals surface area contributed by atoms with E-state index in [0.29, 0.717) is 6.61 Å². The van der Waals surface area contributed by atoms with Crippen molar-refractivity contribution in [3.8, 4) is 5.75 Å². The molecule has 0 atom stereocenters. The van der Waals surface area contributed by atoms with Crippen LogP contribution >= 0.6 is 0 Å². The SMILES string of the molecule is CCOc1ccccc1Cc1cc(N)ccc1N. The van der Waals surface area contributed by atoms with Gasteiger partial charge in [-0.05, 0) is 42.3 Å². The van der Waals surface area contributed by atoms with Crippen LogP contribution in [0.25, 0.3) is 0 Å². The summed E-state index contributed by atoms with van der Waals surface area (Å²) >= 11 is 0. The number of rotatable bonds is 4. The molecule has 0 amide bonds. The van der Waals surface area contributed by atoms with Crippen molar-refractivity contribution >= 4 is 11.4 Å². The zero-order chi connectivity index (χ0) is 13.0. The number of anilines is 2. The van der Waals surface area contributed by atoms with Crippen LogP contribution in [0.15, 0.2) is 42.5 Å². The summed E-state index contributed by atoms with van der Waals surface area (Å²) in [5, 5.41) is 0. The highest BCUT2D eigenvalue weighted by molar-refractivity contribution is 5.57. The summed E-state index contributed by atoms with van der Waals surface area (Å²) in [6.07, 6.45) is 0.729. The van der Waals surface area contributed by atoms with E-state index < -0.39 is 0 Å². The molecule has 0 aliphatic rings. The van der Waals surface area contributed by atoms with Crippen LogP contribution < -0.4 is 16.2 Å². The van der Waals surface area contributed by atoms with Crippen molar-refractivity contribution in [2.45, 2.75) is 13.3 Å². The van der Waals surface area contributed by atoms with Crippen LogP contribution in [-0.4, -0.2) is 6.61 Å². The van der Waals surface area contributed by atoms with E-state index in [2.05, 4.69) is 0 Å². The topological polar surface area (TPSA) is 61.3 Å². The third-order valence-electron chi connectivity index (χ3n) is 2.82. The number of benzene rings is 2. The molecule has 0 aliphatic heterocycles. The number of nitrogen functional groups attached to an aromatic ring is 2. The molecule has 2 aromatic rings. The Hall–Kier alpha value is -2.16. The van der Waals surface area contributed by atoms with E-state index in [-0.39, 0.29) is 0 Å². The molecule has 0 radical (unpaired) electrons. The minimum absolute atomic E-state index is 0.656. The minimum atomic E-state index is 0.656. The number of ether oxygens (including phenoxy) is 1. The summed E-state index contributed by atoms with van der Waals surface area (Å²) in [7, 11) is 0. The van der Waals surface area contributed by atoms with Gasteiger partial charge in [-0.1, -0.05) is 18.2 Å². The Labute approximate surface area is 107 Å². The van der Waals surface area contributed by atoms with Crippen molar-refractivity contribution in [2.75, 3.05) is 18.1 Å². The third kappa shape index (κ3) is 2.74. The smallest absolute Gasteiger partial charge is 0.122 e. The molecule has 4 N–H and O–H groups in total. The fourth-order valence-electron chi connectivity index (χ4n) is 1.93. The van der Waals surface area contributed by atoms with Crippen LogP contribution in [0.5, 0.6) is 5.75 Å². The first kappa shape index (κ1) is 12.3. The molecule has 0 heterocycles. The fourth-order valence-corrected chi connectivity index (χ4v) is 1.93. The van der Waals surface area contributed by atoms with Gasteiger partial charge >= 0.3 is 0 Å². The van der Waals surface area contributed by atoms with Crippen molar-refractivity contribution in [1.82, 2.24) is 0 Å². The second kappa shape index (κ2) is 5.45. The lowest BCUT2D eigenvalue weighted by atomic mass is 10.0. The van der Waals surface area contributed by atoms with Crippen LogP contribution in [0.4, 0.5) is 11.4 Å². The molecular weight excluding hydrogens is 224 g/mol. The highest BCUT2D eigenvalue weighted by Crippen LogP contribution is 2.25. The molecule has 94 valence electrons. The number of nitrogens with two attached hydrogens (primary N) is 2. The molecule has 2 aromatic carbocycles. The molecule has 0 aliphatic carbocycles. The van der Waals surface area contributed by atoms with Crippen LogP contribution in [-0.2, 0) is 6.42 Å². The minimum Gasteiger partial charge on any atom is -0.494 e. The van der Waals surface area contributed by atoms with Gasteiger partial charge in [0.25, 0.3) is 0 Å². The van der Waals surface area contributed by atoms with Gasteiger partial charge in [0.15, 0.2) is 0 Å². The lowest BCUT2D eigenvalue weighted by molar-refractivity contribution is 0.337.